The van der Waals surface area contributed by atoms with E-state index in [1.807, 2.05) is 18.5 Å². The second-order valence-corrected chi connectivity index (χ2v) is 4.81. The lowest BCUT2D eigenvalue weighted by atomic mass is 10.0. The second kappa shape index (κ2) is 4.49. The van der Waals surface area contributed by atoms with Gasteiger partial charge in [0.1, 0.15) is 5.15 Å². The molecule has 17 heavy (non-hydrogen) atoms. The Kier molecular flexibility index (Phi) is 2.85. The summed E-state index contributed by atoms with van der Waals surface area (Å²) in [5.41, 5.74) is 3.62. The van der Waals surface area contributed by atoms with Crippen LogP contribution in [0.5, 0.6) is 0 Å². The molecule has 0 radical (unpaired) electrons. The summed E-state index contributed by atoms with van der Waals surface area (Å²) in [6.45, 7) is 0.767. The minimum Gasteiger partial charge on any atom is -0.328 e. The molecule has 4 heteroatoms. The summed E-state index contributed by atoms with van der Waals surface area (Å²) in [6, 6.07) is 5.74. The van der Waals surface area contributed by atoms with Crippen molar-refractivity contribution in [3.63, 3.8) is 0 Å². The molecule has 0 amide bonds. The molecule has 1 aliphatic rings. The third kappa shape index (κ3) is 2.20. The van der Waals surface area contributed by atoms with Crippen molar-refractivity contribution in [3.8, 4) is 0 Å². The molecule has 0 bridgehead atoms. The van der Waals surface area contributed by atoms with Gasteiger partial charge in [0.2, 0.25) is 0 Å². The standard InChI is InChI=1S/C13H14ClN3/c14-13-7-3-4-10(16-13)8-17-9-15-11-5-1-2-6-12(11)17/h3-4,7,9H,1-2,5-6,8H2. The molecule has 0 saturated heterocycles. The Bertz CT molecular complexity index is 533. The van der Waals surface area contributed by atoms with E-state index in [9.17, 15) is 0 Å². The molecule has 0 saturated carbocycles. The van der Waals surface area contributed by atoms with E-state index < -0.39 is 0 Å². The van der Waals surface area contributed by atoms with E-state index in [0.717, 1.165) is 25.1 Å². The third-order valence-electron chi connectivity index (χ3n) is 3.22. The van der Waals surface area contributed by atoms with Crippen LogP contribution in [0.1, 0.15) is 29.9 Å². The number of rotatable bonds is 2. The van der Waals surface area contributed by atoms with Crippen LogP contribution in [0.25, 0.3) is 0 Å². The first kappa shape index (κ1) is 10.8. The molecule has 1 aliphatic carbocycles. The van der Waals surface area contributed by atoms with Crippen LogP contribution in [0.15, 0.2) is 24.5 Å². The van der Waals surface area contributed by atoms with Crippen LogP contribution in [0, 0.1) is 0 Å². The number of fused-ring (bicyclic) bond motifs is 1. The van der Waals surface area contributed by atoms with Crippen LogP contribution in [0.4, 0.5) is 0 Å². The molecular weight excluding hydrogens is 234 g/mol. The number of imidazole rings is 1. The highest BCUT2D eigenvalue weighted by molar-refractivity contribution is 6.29. The van der Waals surface area contributed by atoms with Gasteiger partial charge >= 0.3 is 0 Å². The topological polar surface area (TPSA) is 30.7 Å². The zero-order valence-electron chi connectivity index (χ0n) is 9.56. The number of pyridine rings is 1. The van der Waals surface area contributed by atoms with Gasteiger partial charge in [-0.2, -0.15) is 0 Å². The predicted molar refractivity (Wildman–Crippen MR) is 67.2 cm³/mol. The quantitative estimate of drug-likeness (QED) is 0.764. The molecule has 2 heterocycles. The van der Waals surface area contributed by atoms with E-state index >= 15 is 0 Å². The molecule has 2 aromatic heterocycles. The normalized spacial score (nSPS) is 14.6. The van der Waals surface area contributed by atoms with E-state index in [4.69, 9.17) is 11.6 Å². The molecule has 0 aromatic carbocycles. The minimum absolute atomic E-state index is 0.552. The Morgan fingerprint density at radius 1 is 1.24 bits per heavy atom. The summed E-state index contributed by atoms with van der Waals surface area (Å²) >= 11 is 5.89. The van der Waals surface area contributed by atoms with E-state index in [1.54, 1.807) is 6.07 Å². The van der Waals surface area contributed by atoms with Crippen molar-refractivity contribution in [2.75, 3.05) is 0 Å². The summed E-state index contributed by atoms with van der Waals surface area (Å²) in [5.74, 6) is 0. The number of aryl methyl sites for hydroxylation is 1. The van der Waals surface area contributed by atoms with Gasteiger partial charge in [-0.15, -0.1) is 0 Å². The van der Waals surface area contributed by atoms with Crippen LogP contribution >= 0.6 is 11.6 Å². The van der Waals surface area contributed by atoms with Gasteiger partial charge in [0.15, 0.2) is 0 Å². The van der Waals surface area contributed by atoms with E-state index in [-0.39, 0.29) is 0 Å². The number of hydrogen-bond donors (Lipinski definition) is 0. The summed E-state index contributed by atoms with van der Waals surface area (Å²) in [7, 11) is 0. The van der Waals surface area contributed by atoms with Crippen LogP contribution in [0.3, 0.4) is 0 Å². The molecule has 0 fully saturated rings. The van der Waals surface area contributed by atoms with Gasteiger partial charge in [-0.1, -0.05) is 17.7 Å². The molecule has 88 valence electrons. The van der Waals surface area contributed by atoms with Gasteiger partial charge in [-0.3, -0.25) is 0 Å². The zero-order chi connectivity index (χ0) is 11.7. The van der Waals surface area contributed by atoms with E-state index in [0.29, 0.717) is 5.15 Å². The molecule has 0 aliphatic heterocycles. The lowest BCUT2D eigenvalue weighted by Gasteiger charge is -2.13. The van der Waals surface area contributed by atoms with Crippen molar-refractivity contribution >= 4 is 11.6 Å². The van der Waals surface area contributed by atoms with E-state index in [1.165, 1.54) is 24.2 Å². The van der Waals surface area contributed by atoms with Gasteiger partial charge in [0.25, 0.3) is 0 Å². The first-order valence-electron chi connectivity index (χ1n) is 5.97. The first-order chi connectivity index (χ1) is 8.33. The van der Waals surface area contributed by atoms with Gasteiger partial charge in [0.05, 0.1) is 24.3 Å². The maximum atomic E-state index is 5.89. The van der Waals surface area contributed by atoms with Crippen molar-refractivity contribution in [2.45, 2.75) is 32.2 Å². The average Bonchev–Trinajstić information content (AvgIpc) is 2.73. The van der Waals surface area contributed by atoms with Gasteiger partial charge in [-0.05, 0) is 37.8 Å². The maximum Gasteiger partial charge on any atom is 0.129 e. The number of nitrogens with zero attached hydrogens (tertiary/aromatic N) is 3. The predicted octanol–water partition coefficient (Wildman–Crippen LogP) is 2.86. The van der Waals surface area contributed by atoms with Crippen LogP contribution in [-0.4, -0.2) is 14.5 Å². The van der Waals surface area contributed by atoms with Gasteiger partial charge in [-0.25, -0.2) is 9.97 Å². The zero-order valence-corrected chi connectivity index (χ0v) is 10.3. The fraction of sp³-hybridized carbons (Fsp3) is 0.385. The highest BCUT2D eigenvalue weighted by Gasteiger charge is 2.15. The molecule has 3 nitrogen and oxygen atoms in total. The first-order valence-corrected chi connectivity index (χ1v) is 6.35. The highest BCUT2D eigenvalue weighted by Crippen LogP contribution is 2.20. The number of hydrogen-bond acceptors (Lipinski definition) is 2. The van der Waals surface area contributed by atoms with Crippen molar-refractivity contribution in [2.24, 2.45) is 0 Å². The summed E-state index contributed by atoms with van der Waals surface area (Å²) in [6.07, 6.45) is 6.71. The van der Waals surface area contributed by atoms with Crippen LogP contribution < -0.4 is 0 Å². The SMILES string of the molecule is Clc1cccc(Cn2cnc3c2CCCC3)n1. The van der Waals surface area contributed by atoms with Crippen LogP contribution in [0.2, 0.25) is 5.15 Å². The summed E-state index contributed by atoms with van der Waals surface area (Å²) < 4.78 is 2.20. The summed E-state index contributed by atoms with van der Waals surface area (Å²) in [4.78, 5) is 8.79. The Labute approximate surface area is 105 Å². The van der Waals surface area contributed by atoms with Gasteiger partial charge in [0, 0.05) is 5.69 Å². The van der Waals surface area contributed by atoms with E-state index in [2.05, 4.69) is 14.5 Å². The largest absolute Gasteiger partial charge is 0.328 e. The Hall–Kier alpha value is -1.35. The minimum atomic E-state index is 0.552. The second-order valence-electron chi connectivity index (χ2n) is 4.42. The fourth-order valence-electron chi connectivity index (χ4n) is 2.38. The Balaban J connectivity index is 1.88. The lowest BCUT2D eigenvalue weighted by molar-refractivity contribution is 0.625. The van der Waals surface area contributed by atoms with Crippen molar-refractivity contribution in [3.05, 3.63) is 46.8 Å². The lowest BCUT2D eigenvalue weighted by Crippen LogP contribution is -2.09. The van der Waals surface area contributed by atoms with Crippen molar-refractivity contribution < 1.29 is 0 Å². The monoisotopic (exact) mass is 247 g/mol. The molecule has 0 spiro atoms. The molecule has 0 N–H and O–H groups in total. The molecule has 2 aromatic rings. The average molecular weight is 248 g/mol. The van der Waals surface area contributed by atoms with Crippen molar-refractivity contribution in [1.82, 2.24) is 14.5 Å². The smallest absolute Gasteiger partial charge is 0.129 e. The number of halogens is 1. The van der Waals surface area contributed by atoms with Crippen molar-refractivity contribution in [1.29, 1.82) is 0 Å². The van der Waals surface area contributed by atoms with Gasteiger partial charge < -0.3 is 4.57 Å². The number of aromatic nitrogens is 3. The molecule has 0 atom stereocenters. The molecular formula is C13H14ClN3. The Morgan fingerprint density at radius 3 is 3.00 bits per heavy atom. The third-order valence-corrected chi connectivity index (χ3v) is 3.43. The molecule has 0 unspecified atom stereocenters. The fourth-order valence-corrected chi connectivity index (χ4v) is 2.56. The highest BCUT2D eigenvalue weighted by atomic mass is 35.5. The van der Waals surface area contributed by atoms with Crippen LogP contribution in [-0.2, 0) is 19.4 Å². The maximum absolute atomic E-state index is 5.89. The summed E-state index contributed by atoms with van der Waals surface area (Å²) in [5, 5.41) is 0.552. The Morgan fingerprint density at radius 2 is 2.12 bits per heavy atom. The molecule has 3 rings (SSSR count).